The Labute approximate surface area is 127 Å². The fourth-order valence-electron chi connectivity index (χ4n) is 3.22. The summed E-state index contributed by atoms with van der Waals surface area (Å²) in [6, 6.07) is 3.05. The summed E-state index contributed by atoms with van der Waals surface area (Å²) >= 11 is 11.9. The number of benzene rings is 1. The lowest BCUT2D eigenvalue weighted by Crippen LogP contribution is -2.10. The van der Waals surface area contributed by atoms with Gasteiger partial charge in [0.25, 0.3) is 0 Å². The maximum atomic E-state index is 13.5. The number of imidazole rings is 1. The summed E-state index contributed by atoms with van der Waals surface area (Å²) in [4.78, 5) is 4.43. The van der Waals surface area contributed by atoms with Gasteiger partial charge in [-0.05, 0) is 30.7 Å². The third-order valence-corrected chi connectivity index (χ3v) is 4.76. The van der Waals surface area contributed by atoms with Crippen LogP contribution >= 0.6 is 23.2 Å². The molecule has 3 rings (SSSR count). The largest absolute Gasteiger partial charge is 0.327 e. The Bertz CT molecular complexity index is 638. The summed E-state index contributed by atoms with van der Waals surface area (Å²) in [7, 11) is 0. The molecule has 2 atom stereocenters. The average Bonchev–Trinajstić information content (AvgIpc) is 2.96. The second kappa shape index (κ2) is 5.53. The van der Waals surface area contributed by atoms with Crippen LogP contribution in [0.3, 0.4) is 0 Å². The second-order valence-electron chi connectivity index (χ2n) is 5.81. The van der Waals surface area contributed by atoms with Gasteiger partial charge in [0.1, 0.15) is 11.6 Å². The van der Waals surface area contributed by atoms with E-state index in [1.165, 1.54) is 25.3 Å². The Balaban J connectivity index is 2.01. The standard InChI is InChI=1S/C15H17Cl2FN2/c1-9-2-3-10(4-9)8-20-14-5-11(17)12(18)6-13(14)19-15(20)7-16/h5-6,9-10H,2-4,7-8H2,1H3. The Hall–Kier alpha value is -0.800. The molecule has 0 saturated heterocycles. The maximum absolute atomic E-state index is 13.5. The molecule has 0 radical (unpaired) electrons. The average molecular weight is 315 g/mol. The van der Waals surface area contributed by atoms with E-state index >= 15 is 0 Å². The molecule has 0 N–H and O–H groups in total. The van der Waals surface area contributed by atoms with Crippen LogP contribution in [0, 0.1) is 17.7 Å². The fourth-order valence-corrected chi connectivity index (χ4v) is 3.59. The molecule has 2 aromatic rings. The zero-order valence-corrected chi connectivity index (χ0v) is 12.9. The van der Waals surface area contributed by atoms with E-state index in [4.69, 9.17) is 23.2 Å². The molecule has 2 unspecified atom stereocenters. The third kappa shape index (κ3) is 2.53. The second-order valence-corrected chi connectivity index (χ2v) is 6.49. The predicted octanol–water partition coefficient (Wildman–Crippen LogP) is 5.00. The lowest BCUT2D eigenvalue weighted by molar-refractivity contribution is 0.441. The molecule has 20 heavy (non-hydrogen) atoms. The van der Waals surface area contributed by atoms with Gasteiger partial charge < -0.3 is 4.57 Å². The van der Waals surface area contributed by atoms with E-state index in [1.807, 2.05) is 0 Å². The highest BCUT2D eigenvalue weighted by Crippen LogP contribution is 2.33. The van der Waals surface area contributed by atoms with Crippen molar-refractivity contribution in [1.29, 1.82) is 0 Å². The minimum atomic E-state index is -0.431. The Kier molecular flexibility index (Phi) is 3.91. The highest BCUT2D eigenvalue weighted by molar-refractivity contribution is 6.31. The number of alkyl halides is 1. The molecule has 1 saturated carbocycles. The summed E-state index contributed by atoms with van der Waals surface area (Å²) in [6.07, 6.45) is 3.75. The van der Waals surface area contributed by atoms with Crippen LogP contribution in [0.2, 0.25) is 5.02 Å². The summed E-state index contributed by atoms with van der Waals surface area (Å²) in [5.41, 5.74) is 1.51. The van der Waals surface area contributed by atoms with Crippen LogP contribution in [-0.2, 0) is 12.4 Å². The number of rotatable bonds is 3. The van der Waals surface area contributed by atoms with Gasteiger partial charge in [0.2, 0.25) is 0 Å². The van der Waals surface area contributed by atoms with Crippen LogP contribution in [-0.4, -0.2) is 9.55 Å². The number of halogens is 3. The molecular formula is C15H17Cl2FN2. The van der Waals surface area contributed by atoms with Crippen molar-refractivity contribution >= 4 is 34.2 Å². The van der Waals surface area contributed by atoms with Crippen molar-refractivity contribution in [3.05, 3.63) is 28.8 Å². The van der Waals surface area contributed by atoms with Crippen LogP contribution in [0.25, 0.3) is 11.0 Å². The Morgan fingerprint density at radius 1 is 1.40 bits per heavy atom. The summed E-state index contributed by atoms with van der Waals surface area (Å²) < 4.78 is 15.6. The van der Waals surface area contributed by atoms with Crippen LogP contribution < -0.4 is 0 Å². The van der Waals surface area contributed by atoms with E-state index in [-0.39, 0.29) is 5.02 Å². The smallest absolute Gasteiger partial charge is 0.144 e. The normalized spacial score (nSPS) is 22.8. The molecule has 2 nitrogen and oxygen atoms in total. The van der Waals surface area contributed by atoms with E-state index in [0.29, 0.717) is 17.3 Å². The molecule has 1 aliphatic rings. The van der Waals surface area contributed by atoms with Gasteiger partial charge in [0.15, 0.2) is 0 Å². The third-order valence-electron chi connectivity index (χ3n) is 4.23. The fraction of sp³-hybridized carbons (Fsp3) is 0.533. The minimum absolute atomic E-state index is 0.138. The van der Waals surface area contributed by atoms with Crippen molar-refractivity contribution in [3.8, 4) is 0 Å². The van der Waals surface area contributed by atoms with Gasteiger partial charge in [-0.15, -0.1) is 11.6 Å². The van der Waals surface area contributed by atoms with Gasteiger partial charge in [-0.1, -0.05) is 24.9 Å². The molecule has 1 aliphatic carbocycles. The molecule has 108 valence electrons. The molecule has 0 amide bonds. The molecule has 5 heteroatoms. The first-order valence-corrected chi connectivity index (χ1v) is 7.90. The van der Waals surface area contributed by atoms with Crippen LogP contribution in [0.5, 0.6) is 0 Å². The predicted molar refractivity (Wildman–Crippen MR) is 80.8 cm³/mol. The van der Waals surface area contributed by atoms with Gasteiger partial charge in [0, 0.05) is 12.6 Å². The number of fused-ring (bicyclic) bond motifs is 1. The zero-order chi connectivity index (χ0) is 14.3. The number of hydrogen-bond acceptors (Lipinski definition) is 1. The molecule has 0 spiro atoms. The van der Waals surface area contributed by atoms with Crippen LogP contribution in [0.4, 0.5) is 4.39 Å². The first-order chi connectivity index (χ1) is 9.58. The molecular weight excluding hydrogens is 298 g/mol. The number of aromatic nitrogens is 2. The van der Waals surface area contributed by atoms with E-state index < -0.39 is 5.82 Å². The molecule has 1 aromatic carbocycles. The summed E-state index contributed by atoms with van der Waals surface area (Å²) in [5, 5.41) is 0.138. The van der Waals surface area contributed by atoms with E-state index in [0.717, 1.165) is 23.8 Å². The lowest BCUT2D eigenvalue weighted by atomic mass is 10.1. The van der Waals surface area contributed by atoms with E-state index in [9.17, 15) is 4.39 Å². The number of nitrogens with zero attached hydrogens (tertiary/aromatic N) is 2. The summed E-state index contributed by atoms with van der Waals surface area (Å²) in [6.45, 7) is 3.19. The Morgan fingerprint density at radius 3 is 2.85 bits per heavy atom. The SMILES string of the molecule is CC1CCC(Cn2c(CCl)nc3cc(F)c(Cl)cc32)C1. The van der Waals surface area contributed by atoms with Gasteiger partial charge in [-0.25, -0.2) is 9.37 Å². The number of hydrogen-bond donors (Lipinski definition) is 0. The lowest BCUT2D eigenvalue weighted by Gasteiger charge is -2.14. The topological polar surface area (TPSA) is 17.8 Å². The van der Waals surface area contributed by atoms with Crippen molar-refractivity contribution < 1.29 is 4.39 Å². The van der Waals surface area contributed by atoms with E-state index in [1.54, 1.807) is 6.07 Å². The quantitative estimate of drug-likeness (QED) is 0.729. The van der Waals surface area contributed by atoms with Gasteiger partial charge in [0.05, 0.1) is 21.9 Å². The minimum Gasteiger partial charge on any atom is -0.327 e. The Morgan fingerprint density at radius 2 is 2.20 bits per heavy atom. The molecule has 1 aromatic heterocycles. The van der Waals surface area contributed by atoms with Crippen LogP contribution in [0.1, 0.15) is 32.0 Å². The van der Waals surface area contributed by atoms with Crippen molar-refractivity contribution in [1.82, 2.24) is 9.55 Å². The van der Waals surface area contributed by atoms with Gasteiger partial charge >= 0.3 is 0 Å². The zero-order valence-electron chi connectivity index (χ0n) is 11.4. The molecule has 1 fully saturated rings. The van der Waals surface area contributed by atoms with Gasteiger partial charge in [-0.3, -0.25) is 0 Å². The first kappa shape index (κ1) is 14.2. The monoisotopic (exact) mass is 314 g/mol. The molecule has 0 aliphatic heterocycles. The van der Waals surface area contributed by atoms with E-state index in [2.05, 4.69) is 16.5 Å². The van der Waals surface area contributed by atoms with Crippen LogP contribution in [0.15, 0.2) is 12.1 Å². The molecule has 0 bridgehead atoms. The highest BCUT2D eigenvalue weighted by Gasteiger charge is 2.23. The molecule has 1 heterocycles. The van der Waals surface area contributed by atoms with Crippen molar-refractivity contribution in [2.24, 2.45) is 11.8 Å². The van der Waals surface area contributed by atoms with Crippen molar-refractivity contribution in [3.63, 3.8) is 0 Å². The first-order valence-electron chi connectivity index (χ1n) is 6.98. The van der Waals surface area contributed by atoms with Crippen molar-refractivity contribution in [2.75, 3.05) is 0 Å². The highest BCUT2D eigenvalue weighted by atomic mass is 35.5. The van der Waals surface area contributed by atoms with Gasteiger partial charge in [-0.2, -0.15) is 0 Å². The summed E-state index contributed by atoms with van der Waals surface area (Å²) in [5.74, 6) is 2.13. The van der Waals surface area contributed by atoms with Crippen molar-refractivity contribution in [2.45, 2.75) is 38.6 Å². The maximum Gasteiger partial charge on any atom is 0.144 e.